The van der Waals surface area contributed by atoms with Crippen molar-refractivity contribution in [1.82, 2.24) is 9.29 Å². The number of aryl methyl sites for hydroxylation is 2. The summed E-state index contributed by atoms with van der Waals surface area (Å²) < 4.78 is 25.3. The van der Waals surface area contributed by atoms with Gasteiger partial charge in [0.15, 0.2) is 5.13 Å². The monoisotopic (exact) mass is 315 g/mol. The molecular weight excluding hydrogens is 298 g/mol. The van der Waals surface area contributed by atoms with Crippen LogP contribution in [0.2, 0.25) is 0 Å². The van der Waals surface area contributed by atoms with Gasteiger partial charge in [0.05, 0.1) is 16.9 Å². The average Bonchev–Trinajstić information content (AvgIpc) is 3.05. The number of thiazole rings is 1. The summed E-state index contributed by atoms with van der Waals surface area (Å²) in [5.41, 5.74) is 0.914. The molecule has 6 nitrogen and oxygen atoms in total. The van der Waals surface area contributed by atoms with Gasteiger partial charge in [0.2, 0.25) is 15.9 Å². The lowest BCUT2D eigenvalue weighted by molar-refractivity contribution is -0.122. The van der Waals surface area contributed by atoms with Crippen molar-refractivity contribution < 1.29 is 13.2 Å². The van der Waals surface area contributed by atoms with Gasteiger partial charge in [0.25, 0.3) is 0 Å². The number of carbonyl (C=O) groups excluding carboxylic acids is 1. The van der Waals surface area contributed by atoms with E-state index in [-0.39, 0.29) is 17.1 Å². The van der Waals surface area contributed by atoms with Gasteiger partial charge in [0.1, 0.15) is 0 Å². The molecule has 1 aromatic rings. The van der Waals surface area contributed by atoms with E-state index >= 15 is 0 Å². The van der Waals surface area contributed by atoms with Crippen molar-refractivity contribution in [3.8, 4) is 0 Å². The van der Waals surface area contributed by atoms with E-state index in [1.165, 1.54) is 15.6 Å². The third kappa shape index (κ3) is 2.47. The van der Waals surface area contributed by atoms with Gasteiger partial charge >= 0.3 is 0 Å². The Balaban J connectivity index is 1.56. The summed E-state index contributed by atoms with van der Waals surface area (Å²) in [7, 11) is -3.13. The zero-order chi connectivity index (χ0) is 14.5. The maximum atomic E-state index is 12.0. The zero-order valence-corrected chi connectivity index (χ0v) is 13.1. The molecule has 0 radical (unpaired) electrons. The van der Waals surface area contributed by atoms with Crippen LogP contribution < -0.4 is 5.32 Å². The second kappa shape index (κ2) is 4.78. The summed E-state index contributed by atoms with van der Waals surface area (Å²) in [6, 6.07) is 0. The molecule has 1 aromatic heterocycles. The first kappa shape index (κ1) is 14.0. The first-order valence-electron chi connectivity index (χ1n) is 6.62. The highest BCUT2D eigenvalue weighted by molar-refractivity contribution is 7.90. The van der Waals surface area contributed by atoms with Gasteiger partial charge in [-0.05, 0) is 26.7 Å². The van der Waals surface area contributed by atoms with Gasteiger partial charge in [-0.3, -0.25) is 4.79 Å². The average molecular weight is 315 g/mol. The lowest BCUT2D eigenvalue weighted by Crippen LogP contribution is -2.55. The van der Waals surface area contributed by atoms with Crippen LogP contribution in [0.3, 0.4) is 0 Å². The molecule has 0 spiro atoms. The Bertz CT molecular complexity index is 623. The van der Waals surface area contributed by atoms with Gasteiger partial charge in [-0.1, -0.05) is 0 Å². The van der Waals surface area contributed by atoms with E-state index in [2.05, 4.69) is 10.3 Å². The van der Waals surface area contributed by atoms with Crippen molar-refractivity contribution in [3.05, 3.63) is 10.6 Å². The molecule has 2 aliphatic rings. The molecule has 1 N–H and O–H groups in total. The van der Waals surface area contributed by atoms with Crippen LogP contribution in [0.25, 0.3) is 0 Å². The summed E-state index contributed by atoms with van der Waals surface area (Å²) >= 11 is 1.44. The van der Waals surface area contributed by atoms with Crippen LogP contribution >= 0.6 is 11.3 Å². The molecule has 8 heteroatoms. The summed E-state index contributed by atoms with van der Waals surface area (Å²) in [4.78, 5) is 17.3. The van der Waals surface area contributed by atoms with E-state index in [9.17, 15) is 13.2 Å². The summed E-state index contributed by atoms with van der Waals surface area (Å²) in [5.74, 6) is -0.394. The van der Waals surface area contributed by atoms with Crippen molar-refractivity contribution in [3.63, 3.8) is 0 Å². The van der Waals surface area contributed by atoms with Crippen molar-refractivity contribution in [1.29, 1.82) is 0 Å². The third-order valence-corrected chi connectivity index (χ3v) is 7.10. The molecule has 3 rings (SSSR count). The first-order valence-corrected chi connectivity index (χ1v) is 8.94. The number of carbonyl (C=O) groups is 1. The quantitative estimate of drug-likeness (QED) is 0.903. The first-order chi connectivity index (χ1) is 9.38. The van der Waals surface area contributed by atoms with E-state index in [4.69, 9.17) is 0 Å². The van der Waals surface area contributed by atoms with E-state index in [1.54, 1.807) is 0 Å². The fourth-order valence-electron chi connectivity index (χ4n) is 2.12. The normalized spacial score (nSPS) is 20.7. The molecule has 1 amide bonds. The Morgan fingerprint density at radius 2 is 2.00 bits per heavy atom. The summed E-state index contributed by atoms with van der Waals surface area (Å²) in [6.45, 7) is 4.45. The lowest BCUT2D eigenvalue weighted by atomic mass is 10.0. The highest BCUT2D eigenvalue weighted by atomic mass is 32.2. The smallest absolute Gasteiger partial charge is 0.231 e. The number of amides is 1. The summed E-state index contributed by atoms with van der Waals surface area (Å²) in [5, 5.41) is 3.16. The number of hydrogen-bond acceptors (Lipinski definition) is 5. The van der Waals surface area contributed by atoms with E-state index in [1.807, 2.05) is 13.8 Å². The summed E-state index contributed by atoms with van der Waals surface area (Å²) in [6.07, 6.45) is 1.51. The van der Waals surface area contributed by atoms with Crippen molar-refractivity contribution in [2.45, 2.75) is 31.9 Å². The molecule has 20 heavy (non-hydrogen) atoms. The second-order valence-corrected chi connectivity index (χ2v) is 8.82. The Kier molecular flexibility index (Phi) is 3.34. The Labute approximate surface area is 122 Å². The Hall–Kier alpha value is -0.990. The van der Waals surface area contributed by atoms with E-state index in [0.717, 1.165) is 23.4 Å². The molecule has 2 heterocycles. The van der Waals surface area contributed by atoms with Crippen LogP contribution in [0.4, 0.5) is 5.13 Å². The molecule has 0 unspecified atom stereocenters. The molecule has 110 valence electrons. The van der Waals surface area contributed by atoms with E-state index in [0.29, 0.717) is 18.2 Å². The predicted molar refractivity (Wildman–Crippen MR) is 77.2 cm³/mol. The number of rotatable bonds is 4. The molecule has 1 aliphatic carbocycles. The molecule has 0 atom stereocenters. The van der Waals surface area contributed by atoms with Gasteiger partial charge < -0.3 is 5.32 Å². The van der Waals surface area contributed by atoms with E-state index < -0.39 is 10.0 Å². The molecule has 2 fully saturated rings. The fraction of sp³-hybridized carbons (Fsp3) is 0.667. The number of nitrogens with zero attached hydrogens (tertiary/aromatic N) is 2. The number of anilines is 1. The molecule has 1 saturated carbocycles. The maximum absolute atomic E-state index is 12.0. The van der Waals surface area contributed by atoms with Gasteiger partial charge in [-0.15, -0.1) is 11.3 Å². The fourth-order valence-corrected chi connectivity index (χ4v) is 4.87. The highest BCUT2D eigenvalue weighted by Gasteiger charge is 2.46. The van der Waals surface area contributed by atoms with Crippen LogP contribution in [-0.4, -0.2) is 42.0 Å². The van der Waals surface area contributed by atoms with Crippen LogP contribution in [-0.2, 0) is 14.8 Å². The van der Waals surface area contributed by atoms with Crippen LogP contribution in [0, 0.1) is 19.8 Å². The maximum Gasteiger partial charge on any atom is 0.231 e. The van der Waals surface area contributed by atoms with Gasteiger partial charge in [-0.2, -0.15) is 4.31 Å². The molecular formula is C12H17N3O3S2. The Morgan fingerprint density at radius 1 is 1.35 bits per heavy atom. The van der Waals surface area contributed by atoms with Crippen molar-refractivity contribution in [2.24, 2.45) is 5.92 Å². The zero-order valence-electron chi connectivity index (χ0n) is 11.4. The lowest BCUT2D eigenvalue weighted by Gasteiger charge is -2.36. The number of aromatic nitrogens is 1. The molecule has 1 aliphatic heterocycles. The minimum Gasteiger partial charge on any atom is -0.302 e. The second-order valence-electron chi connectivity index (χ2n) is 5.41. The van der Waals surface area contributed by atoms with Crippen molar-refractivity contribution in [2.75, 3.05) is 18.4 Å². The molecule has 0 aromatic carbocycles. The number of hydrogen-bond donors (Lipinski definition) is 1. The predicted octanol–water partition coefficient (Wildman–Crippen LogP) is 1.12. The largest absolute Gasteiger partial charge is 0.302 e. The van der Waals surface area contributed by atoms with Crippen molar-refractivity contribution >= 4 is 32.4 Å². The van der Waals surface area contributed by atoms with Crippen LogP contribution in [0.15, 0.2) is 0 Å². The minimum atomic E-state index is -3.13. The minimum absolute atomic E-state index is 0.138. The van der Waals surface area contributed by atoms with Crippen LogP contribution in [0.5, 0.6) is 0 Å². The highest BCUT2D eigenvalue weighted by Crippen LogP contribution is 2.34. The topological polar surface area (TPSA) is 79.4 Å². The number of nitrogens with one attached hydrogen (secondary N) is 1. The van der Waals surface area contributed by atoms with Crippen LogP contribution in [0.1, 0.15) is 23.4 Å². The Morgan fingerprint density at radius 3 is 2.50 bits per heavy atom. The molecule has 0 bridgehead atoms. The van der Waals surface area contributed by atoms with Gasteiger partial charge in [-0.25, -0.2) is 13.4 Å². The molecule has 1 saturated heterocycles. The van der Waals surface area contributed by atoms with Gasteiger partial charge in [0, 0.05) is 18.0 Å². The number of sulfonamides is 1. The SMILES string of the molecule is Cc1nc(NC(=O)C2CN(S(=O)(=O)C3CC3)C2)sc1C. The standard InChI is InChI=1S/C12H17N3O3S2/c1-7-8(2)19-12(13-7)14-11(16)9-5-15(6-9)20(17,18)10-3-4-10/h9-10H,3-6H2,1-2H3,(H,13,14,16). The third-order valence-electron chi connectivity index (χ3n) is 3.78.